The normalized spacial score (nSPS) is 20.8. The molecule has 1 fully saturated rings. The first-order chi connectivity index (χ1) is 8.75. The van der Waals surface area contributed by atoms with Crippen molar-refractivity contribution in [3.8, 4) is 0 Å². The molecule has 1 unspecified atom stereocenters. The van der Waals surface area contributed by atoms with Crippen LogP contribution in [0.25, 0.3) is 0 Å². The van der Waals surface area contributed by atoms with Gasteiger partial charge in [-0.05, 0) is 51.2 Å². The minimum absolute atomic E-state index is 0.576. The van der Waals surface area contributed by atoms with Crippen molar-refractivity contribution in [2.45, 2.75) is 70.9 Å². The van der Waals surface area contributed by atoms with E-state index in [1.165, 1.54) is 32.1 Å². The van der Waals surface area contributed by atoms with E-state index in [4.69, 9.17) is 4.42 Å². The Kier molecular flexibility index (Phi) is 5.30. The monoisotopic (exact) mass is 249 g/mol. The zero-order chi connectivity index (χ0) is 12.8. The van der Waals surface area contributed by atoms with Crippen LogP contribution in [0.5, 0.6) is 0 Å². The summed E-state index contributed by atoms with van der Waals surface area (Å²) in [7, 11) is 0. The Hall–Kier alpha value is -0.760. The van der Waals surface area contributed by atoms with Gasteiger partial charge >= 0.3 is 0 Å². The van der Waals surface area contributed by atoms with E-state index in [0.717, 1.165) is 24.5 Å². The van der Waals surface area contributed by atoms with E-state index in [1.807, 2.05) is 6.07 Å². The minimum atomic E-state index is 0.576. The maximum absolute atomic E-state index is 5.38. The van der Waals surface area contributed by atoms with Crippen LogP contribution < -0.4 is 5.32 Å². The molecule has 1 aliphatic rings. The van der Waals surface area contributed by atoms with Gasteiger partial charge in [0.2, 0.25) is 0 Å². The van der Waals surface area contributed by atoms with Gasteiger partial charge in [-0.2, -0.15) is 0 Å². The van der Waals surface area contributed by atoms with Gasteiger partial charge < -0.3 is 9.73 Å². The zero-order valence-electron chi connectivity index (χ0n) is 11.8. The van der Waals surface area contributed by atoms with Crippen molar-refractivity contribution in [3.05, 3.63) is 24.2 Å². The van der Waals surface area contributed by atoms with Crippen LogP contribution in [0, 0.1) is 5.92 Å². The van der Waals surface area contributed by atoms with Gasteiger partial charge in [0.05, 0.1) is 6.26 Å². The molecule has 0 radical (unpaired) electrons. The summed E-state index contributed by atoms with van der Waals surface area (Å²) in [5.41, 5.74) is 0. The molecule has 2 nitrogen and oxygen atoms in total. The lowest BCUT2D eigenvalue weighted by atomic mass is 9.84. The highest BCUT2D eigenvalue weighted by Gasteiger charge is 2.20. The molecule has 0 spiro atoms. The van der Waals surface area contributed by atoms with E-state index in [9.17, 15) is 0 Å². The Morgan fingerprint density at radius 1 is 1.28 bits per heavy atom. The summed E-state index contributed by atoms with van der Waals surface area (Å²) in [5.74, 6) is 2.00. The summed E-state index contributed by atoms with van der Waals surface area (Å²) < 4.78 is 5.38. The van der Waals surface area contributed by atoms with Crippen LogP contribution in [0.15, 0.2) is 22.8 Å². The summed E-state index contributed by atoms with van der Waals surface area (Å²) in [5, 5.41) is 3.77. The molecule has 0 amide bonds. The first-order valence-electron chi connectivity index (χ1n) is 7.54. The highest BCUT2D eigenvalue weighted by Crippen LogP contribution is 2.26. The summed E-state index contributed by atoms with van der Waals surface area (Å²) >= 11 is 0. The molecule has 1 aromatic heterocycles. The van der Waals surface area contributed by atoms with Crippen molar-refractivity contribution >= 4 is 0 Å². The molecule has 0 saturated heterocycles. The van der Waals surface area contributed by atoms with E-state index < -0.39 is 0 Å². The van der Waals surface area contributed by atoms with Gasteiger partial charge in [0.15, 0.2) is 0 Å². The standard InChI is InChI=1S/C16H27NO/c1-13(10-11-16-9-6-12-18-16)17-14(2)15-7-4-3-5-8-15/h6,9,12-15,17H,3-5,7-8,10-11H2,1-2H3/t13?,14-/m0/s1. The SMILES string of the molecule is CC(CCc1ccco1)N[C@@H](C)C1CCCCC1. The average molecular weight is 249 g/mol. The number of aryl methyl sites for hydroxylation is 1. The van der Waals surface area contributed by atoms with Gasteiger partial charge in [-0.3, -0.25) is 0 Å². The highest BCUT2D eigenvalue weighted by molar-refractivity contribution is 4.98. The molecule has 1 aliphatic carbocycles. The Balaban J connectivity index is 1.67. The first-order valence-corrected chi connectivity index (χ1v) is 7.54. The number of hydrogen-bond acceptors (Lipinski definition) is 2. The summed E-state index contributed by atoms with van der Waals surface area (Å²) in [4.78, 5) is 0. The molecule has 0 bridgehead atoms. The van der Waals surface area contributed by atoms with Crippen LogP contribution in [0.1, 0.15) is 58.1 Å². The molecule has 1 heterocycles. The van der Waals surface area contributed by atoms with Gasteiger partial charge in [0.25, 0.3) is 0 Å². The number of nitrogens with one attached hydrogen (secondary N) is 1. The fourth-order valence-electron chi connectivity index (χ4n) is 3.12. The van der Waals surface area contributed by atoms with Gasteiger partial charge in [0, 0.05) is 18.5 Å². The smallest absolute Gasteiger partial charge is 0.103 e. The molecular weight excluding hydrogens is 222 g/mol. The summed E-state index contributed by atoms with van der Waals surface area (Å²) in [6.07, 6.45) is 11.1. The molecule has 0 aliphatic heterocycles. The third-order valence-electron chi connectivity index (χ3n) is 4.31. The molecule has 2 heteroatoms. The van der Waals surface area contributed by atoms with Crippen LogP contribution in [-0.2, 0) is 6.42 Å². The molecule has 1 saturated carbocycles. The van der Waals surface area contributed by atoms with E-state index in [-0.39, 0.29) is 0 Å². The molecule has 1 N–H and O–H groups in total. The summed E-state index contributed by atoms with van der Waals surface area (Å²) in [6.45, 7) is 4.65. The maximum Gasteiger partial charge on any atom is 0.103 e. The van der Waals surface area contributed by atoms with Gasteiger partial charge in [-0.1, -0.05) is 19.3 Å². The van der Waals surface area contributed by atoms with Crippen LogP contribution in [-0.4, -0.2) is 12.1 Å². The van der Waals surface area contributed by atoms with E-state index >= 15 is 0 Å². The van der Waals surface area contributed by atoms with Crippen LogP contribution in [0.3, 0.4) is 0 Å². The molecule has 0 aromatic carbocycles. The van der Waals surface area contributed by atoms with Crippen molar-refractivity contribution < 1.29 is 4.42 Å². The Bertz CT molecular complexity index is 314. The quantitative estimate of drug-likeness (QED) is 0.819. The highest BCUT2D eigenvalue weighted by atomic mass is 16.3. The first kappa shape index (κ1) is 13.7. The zero-order valence-corrected chi connectivity index (χ0v) is 11.8. The van der Waals surface area contributed by atoms with Gasteiger partial charge in [-0.25, -0.2) is 0 Å². The minimum Gasteiger partial charge on any atom is -0.469 e. The number of furan rings is 1. The number of hydrogen-bond donors (Lipinski definition) is 1. The second kappa shape index (κ2) is 6.98. The van der Waals surface area contributed by atoms with Crippen LogP contribution >= 0.6 is 0 Å². The Labute approximate surface area is 111 Å². The molecule has 102 valence electrons. The molecule has 2 atom stereocenters. The largest absolute Gasteiger partial charge is 0.469 e. The molecule has 18 heavy (non-hydrogen) atoms. The van der Waals surface area contributed by atoms with E-state index in [2.05, 4.69) is 25.2 Å². The molecule has 1 aromatic rings. The Morgan fingerprint density at radius 3 is 2.72 bits per heavy atom. The van der Waals surface area contributed by atoms with Gasteiger partial charge in [-0.15, -0.1) is 0 Å². The van der Waals surface area contributed by atoms with Crippen molar-refractivity contribution in [1.29, 1.82) is 0 Å². The average Bonchev–Trinajstić information content (AvgIpc) is 2.90. The lowest BCUT2D eigenvalue weighted by Crippen LogP contribution is -2.40. The Morgan fingerprint density at radius 2 is 2.06 bits per heavy atom. The predicted molar refractivity (Wildman–Crippen MR) is 75.7 cm³/mol. The molecule has 2 rings (SSSR count). The fraction of sp³-hybridized carbons (Fsp3) is 0.750. The van der Waals surface area contributed by atoms with Crippen LogP contribution in [0.4, 0.5) is 0 Å². The van der Waals surface area contributed by atoms with Crippen molar-refractivity contribution in [1.82, 2.24) is 5.32 Å². The lowest BCUT2D eigenvalue weighted by molar-refractivity contribution is 0.263. The topological polar surface area (TPSA) is 25.2 Å². The van der Waals surface area contributed by atoms with Crippen molar-refractivity contribution in [3.63, 3.8) is 0 Å². The lowest BCUT2D eigenvalue weighted by Gasteiger charge is -2.30. The fourth-order valence-corrected chi connectivity index (χ4v) is 3.12. The second-order valence-corrected chi connectivity index (χ2v) is 5.87. The predicted octanol–water partition coefficient (Wildman–Crippen LogP) is 4.16. The van der Waals surface area contributed by atoms with E-state index in [0.29, 0.717) is 12.1 Å². The van der Waals surface area contributed by atoms with Crippen molar-refractivity contribution in [2.75, 3.05) is 0 Å². The van der Waals surface area contributed by atoms with Crippen LogP contribution in [0.2, 0.25) is 0 Å². The third-order valence-corrected chi connectivity index (χ3v) is 4.31. The third kappa shape index (κ3) is 4.16. The maximum atomic E-state index is 5.38. The van der Waals surface area contributed by atoms with Crippen molar-refractivity contribution in [2.24, 2.45) is 5.92 Å². The van der Waals surface area contributed by atoms with E-state index in [1.54, 1.807) is 6.26 Å². The molecular formula is C16H27NO. The number of rotatable bonds is 6. The van der Waals surface area contributed by atoms with Gasteiger partial charge in [0.1, 0.15) is 5.76 Å². The second-order valence-electron chi connectivity index (χ2n) is 5.87. The summed E-state index contributed by atoms with van der Waals surface area (Å²) in [6, 6.07) is 5.28.